The lowest BCUT2D eigenvalue weighted by Gasteiger charge is -2.05. The molecule has 4 rings (SSSR count). The van der Waals surface area contributed by atoms with Crippen LogP contribution < -0.4 is 10.1 Å². The number of hydrogen-bond donors (Lipinski definition) is 1. The molecule has 3 aromatic heterocycles. The van der Waals surface area contributed by atoms with Crippen molar-refractivity contribution < 1.29 is 13.9 Å². The van der Waals surface area contributed by atoms with Crippen molar-refractivity contribution in [1.29, 1.82) is 0 Å². The number of nitrogens with zero attached hydrogens (tertiary/aromatic N) is 4. The highest BCUT2D eigenvalue weighted by molar-refractivity contribution is 7.17. The number of halogens is 1. The molecule has 32 heavy (non-hydrogen) atoms. The van der Waals surface area contributed by atoms with Crippen molar-refractivity contribution in [2.75, 3.05) is 6.54 Å². The van der Waals surface area contributed by atoms with Gasteiger partial charge in [0.1, 0.15) is 16.5 Å². The summed E-state index contributed by atoms with van der Waals surface area (Å²) in [5.74, 6) is -0.241. The van der Waals surface area contributed by atoms with Crippen molar-refractivity contribution in [2.24, 2.45) is 0 Å². The molecular weight excluding hydrogens is 429 g/mol. The third-order valence-electron chi connectivity index (χ3n) is 4.75. The molecule has 0 aliphatic heterocycles. The highest BCUT2D eigenvalue weighted by atomic mass is 32.1. The predicted octanol–water partition coefficient (Wildman–Crippen LogP) is 4.42. The standard InChI is InChI=1S/C23H22FN5O2S/c1-16-22(31-23(30)26-12-8-18-3-2-11-25-15-18)32-21(27-16)20-10-14-29(28-20)13-9-17-4-6-19(24)7-5-17/h2-7,10-11,14-15H,8-9,12-13H2,1H3,(H,26,30). The summed E-state index contributed by atoms with van der Waals surface area (Å²) in [4.78, 5) is 20.7. The Morgan fingerprint density at radius 1 is 1.16 bits per heavy atom. The average molecular weight is 452 g/mol. The SMILES string of the molecule is Cc1nc(-c2ccn(CCc3ccc(F)cc3)n2)sc1OC(=O)NCCc1cccnc1. The number of aryl methyl sites for hydroxylation is 3. The summed E-state index contributed by atoms with van der Waals surface area (Å²) in [6.45, 7) is 2.91. The van der Waals surface area contributed by atoms with Crippen LogP contribution in [0.2, 0.25) is 0 Å². The number of thiazole rings is 1. The summed E-state index contributed by atoms with van der Waals surface area (Å²) in [6.07, 6.45) is 6.25. The van der Waals surface area contributed by atoms with E-state index >= 15 is 0 Å². The summed E-state index contributed by atoms with van der Waals surface area (Å²) >= 11 is 1.28. The fraction of sp³-hybridized carbons (Fsp3) is 0.217. The van der Waals surface area contributed by atoms with Gasteiger partial charge in [-0.3, -0.25) is 9.67 Å². The molecule has 0 aliphatic carbocycles. The van der Waals surface area contributed by atoms with Gasteiger partial charge in [-0.25, -0.2) is 14.2 Å². The van der Waals surface area contributed by atoms with E-state index in [0.29, 0.717) is 41.0 Å². The van der Waals surface area contributed by atoms with Crippen molar-refractivity contribution in [3.05, 3.63) is 83.7 Å². The largest absolute Gasteiger partial charge is 0.413 e. The van der Waals surface area contributed by atoms with Crippen LogP contribution >= 0.6 is 11.3 Å². The first-order valence-electron chi connectivity index (χ1n) is 10.2. The lowest BCUT2D eigenvalue weighted by Crippen LogP contribution is -2.28. The molecule has 4 aromatic rings. The maximum absolute atomic E-state index is 13.0. The Kier molecular flexibility index (Phi) is 6.86. The fourth-order valence-corrected chi connectivity index (χ4v) is 3.94. The Balaban J connectivity index is 1.31. The minimum atomic E-state index is -0.517. The number of carbonyl (C=O) groups excluding carboxylic acids is 1. The van der Waals surface area contributed by atoms with Crippen molar-refractivity contribution in [3.63, 3.8) is 0 Å². The minimum absolute atomic E-state index is 0.241. The van der Waals surface area contributed by atoms with Gasteiger partial charge in [0, 0.05) is 31.7 Å². The zero-order chi connectivity index (χ0) is 22.3. The van der Waals surface area contributed by atoms with Gasteiger partial charge in [0.15, 0.2) is 0 Å². The van der Waals surface area contributed by atoms with E-state index in [1.165, 1.54) is 23.5 Å². The molecular formula is C23H22FN5O2S. The second-order valence-corrected chi connectivity index (χ2v) is 8.12. The molecule has 7 nitrogen and oxygen atoms in total. The maximum atomic E-state index is 13.0. The normalized spacial score (nSPS) is 10.8. The van der Waals surface area contributed by atoms with Crippen LogP contribution in [-0.4, -0.2) is 32.4 Å². The summed E-state index contributed by atoms with van der Waals surface area (Å²) in [5, 5.41) is 8.43. The average Bonchev–Trinajstić information content (AvgIpc) is 3.41. The van der Waals surface area contributed by atoms with Gasteiger partial charge in [0.05, 0.1) is 5.69 Å². The first-order chi connectivity index (χ1) is 15.6. The van der Waals surface area contributed by atoms with Gasteiger partial charge >= 0.3 is 6.09 Å². The number of ether oxygens (including phenoxy) is 1. The van der Waals surface area contributed by atoms with Crippen molar-refractivity contribution >= 4 is 17.4 Å². The summed E-state index contributed by atoms with van der Waals surface area (Å²) < 4.78 is 20.3. The molecule has 0 saturated heterocycles. The molecule has 0 saturated carbocycles. The van der Waals surface area contributed by atoms with Crippen LogP contribution in [0.5, 0.6) is 5.06 Å². The second-order valence-electron chi connectivity index (χ2n) is 7.16. The Hall–Kier alpha value is -3.59. The number of amides is 1. The number of nitrogens with one attached hydrogen (secondary N) is 1. The Labute approximate surface area is 188 Å². The van der Waals surface area contributed by atoms with E-state index in [1.54, 1.807) is 31.5 Å². The Morgan fingerprint density at radius 2 is 2.00 bits per heavy atom. The fourth-order valence-electron chi connectivity index (χ4n) is 3.06. The van der Waals surface area contributed by atoms with Gasteiger partial charge in [-0.2, -0.15) is 5.10 Å². The summed E-state index contributed by atoms with van der Waals surface area (Å²) in [5.41, 5.74) is 3.43. The third-order valence-corrected chi connectivity index (χ3v) is 5.81. The highest BCUT2D eigenvalue weighted by Crippen LogP contribution is 2.32. The third kappa shape index (κ3) is 5.76. The number of aromatic nitrogens is 4. The number of carbonyl (C=O) groups is 1. The maximum Gasteiger partial charge on any atom is 0.413 e. The van der Waals surface area contributed by atoms with E-state index in [4.69, 9.17) is 4.74 Å². The van der Waals surface area contributed by atoms with E-state index in [2.05, 4.69) is 20.4 Å². The van der Waals surface area contributed by atoms with Crippen LogP contribution in [0.3, 0.4) is 0 Å². The second kappa shape index (κ2) is 10.1. The molecule has 3 heterocycles. The molecule has 1 aromatic carbocycles. The zero-order valence-corrected chi connectivity index (χ0v) is 18.3. The number of hydrogen-bond acceptors (Lipinski definition) is 6. The van der Waals surface area contributed by atoms with Gasteiger partial charge in [-0.05, 0) is 55.2 Å². The van der Waals surface area contributed by atoms with E-state index < -0.39 is 6.09 Å². The van der Waals surface area contributed by atoms with Crippen molar-refractivity contribution in [2.45, 2.75) is 26.3 Å². The van der Waals surface area contributed by atoms with Gasteiger partial charge in [0.2, 0.25) is 5.06 Å². The van der Waals surface area contributed by atoms with Gasteiger partial charge in [0.25, 0.3) is 0 Å². The molecule has 0 unspecified atom stereocenters. The monoisotopic (exact) mass is 451 g/mol. The molecule has 0 bridgehead atoms. The molecule has 1 amide bonds. The first kappa shape index (κ1) is 21.6. The first-order valence-corrected chi connectivity index (χ1v) is 11.0. The molecule has 0 atom stereocenters. The Bertz CT molecular complexity index is 1170. The summed E-state index contributed by atoms with van der Waals surface area (Å²) in [6, 6.07) is 12.2. The smallest absolute Gasteiger partial charge is 0.397 e. The number of rotatable bonds is 8. The van der Waals surface area contributed by atoms with Crippen LogP contribution in [0.25, 0.3) is 10.7 Å². The number of pyridine rings is 1. The summed E-state index contributed by atoms with van der Waals surface area (Å²) in [7, 11) is 0. The molecule has 164 valence electrons. The molecule has 0 radical (unpaired) electrons. The van der Waals surface area contributed by atoms with Crippen LogP contribution in [0, 0.1) is 12.7 Å². The van der Waals surface area contributed by atoms with Gasteiger partial charge in [-0.15, -0.1) is 0 Å². The van der Waals surface area contributed by atoms with E-state index in [0.717, 1.165) is 17.5 Å². The lowest BCUT2D eigenvalue weighted by molar-refractivity contribution is 0.201. The highest BCUT2D eigenvalue weighted by Gasteiger charge is 2.15. The quantitative estimate of drug-likeness (QED) is 0.429. The van der Waals surface area contributed by atoms with Crippen molar-refractivity contribution in [1.82, 2.24) is 25.1 Å². The van der Waals surface area contributed by atoms with Crippen LogP contribution in [0.1, 0.15) is 16.8 Å². The van der Waals surface area contributed by atoms with E-state index in [-0.39, 0.29) is 5.82 Å². The van der Waals surface area contributed by atoms with Crippen molar-refractivity contribution in [3.8, 4) is 15.8 Å². The molecule has 1 N–H and O–H groups in total. The molecule has 0 fully saturated rings. The lowest BCUT2D eigenvalue weighted by atomic mass is 10.1. The molecule has 9 heteroatoms. The zero-order valence-electron chi connectivity index (χ0n) is 17.5. The van der Waals surface area contributed by atoms with Crippen LogP contribution in [-0.2, 0) is 19.4 Å². The van der Waals surface area contributed by atoms with Crippen LogP contribution in [0.15, 0.2) is 61.1 Å². The van der Waals surface area contributed by atoms with Gasteiger partial charge in [-0.1, -0.05) is 29.5 Å². The Morgan fingerprint density at radius 3 is 2.78 bits per heavy atom. The van der Waals surface area contributed by atoms with E-state index in [9.17, 15) is 9.18 Å². The molecule has 0 aliphatic rings. The number of benzene rings is 1. The van der Waals surface area contributed by atoms with Gasteiger partial charge < -0.3 is 10.1 Å². The minimum Gasteiger partial charge on any atom is -0.397 e. The topological polar surface area (TPSA) is 81.9 Å². The van der Waals surface area contributed by atoms with E-state index in [1.807, 2.05) is 29.1 Å². The molecule has 0 spiro atoms. The van der Waals surface area contributed by atoms with Crippen LogP contribution in [0.4, 0.5) is 9.18 Å². The predicted molar refractivity (Wildman–Crippen MR) is 120 cm³/mol.